The van der Waals surface area contributed by atoms with Gasteiger partial charge in [-0.2, -0.15) is 0 Å². The third-order valence-electron chi connectivity index (χ3n) is 4.14. The highest BCUT2D eigenvalue weighted by Gasteiger charge is 2.20. The van der Waals surface area contributed by atoms with E-state index in [9.17, 15) is 4.79 Å². The van der Waals surface area contributed by atoms with Crippen molar-refractivity contribution in [1.82, 2.24) is 25.2 Å². The summed E-state index contributed by atoms with van der Waals surface area (Å²) < 4.78 is 6.09. The first-order valence-corrected chi connectivity index (χ1v) is 9.27. The molecule has 0 amide bonds. The number of halogens is 1. The smallest absolute Gasteiger partial charge is 0.327 e. The number of guanidine groups is 1. The van der Waals surface area contributed by atoms with E-state index in [4.69, 9.17) is 0 Å². The quantitative estimate of drug-likeness (QED) is 0.281. The number of aromatic nitrogens is 3. The number of hydrogen-bond acceptors (Lipinski definition) is 7. The molecule has 1 N–H and O–H groups in total. The molecule has 0 atom stereocenters. The molecule has 2 aromatic heterocycles. The molecule has 0 spiro atoms. The molecule has 0 saturated carbocycles. The van der Waals surface area contributed by atoms with E-state index in [-0.39, 0.29) is 36.5 Å². The van der Waals surface area contributed by atoms with Gasteiger partial charge in [0.15, 0.2) is 5.96 Å². The van der Waals surface area contributed by atoms with Crippen LogP contribution in [0.4, 0.5) is 5.00 Å². The van der Waals surface area contributed by atoms with Crippen molar-refractivity contribution < 1.29 is 9.53 Å². The van der Waals surface area contributed by atoms with E-state index in [1.165, 1.54) is 16.8 Å². The average Bonchev–Trinajstić information content (AvgIpc) is 3.35. The Bertz CT molecular complexity index is 742. The standard InChI is InChI=1S/C16H23N7O2S.HI/c1-17-16(18-10-13-11-23(20-19-13)12-15(24)25-2)22-7-5-21(6-8-22)14-4-3-9-26-14;/h3-4,9,11H,5-8,10,12H2,1-2H3,(H,17,18);1H. The summed E-state index contributed by atoms with van der Waals surface area (Å²) >= 11 is 1.77. The Balaban J connectivity index is 0.00000261. The largest absolute Gasteiger partial charge is 0.468 e. The molecule has 0 aromatic carbocycles. The normalized spacial score (nSPS) is 14.7. The summed E-state index contributed by atoms with van der Waals surface area (Å²) in [6, 6.07) is 4.24. The number of rotatable bonds is 5. The van der Waals surface area contributed by atoms with Crippen LogP contribution < -0.4 is 10.2 Å². The van der Waals surface area contributed by atoms with Crippen molar-refractivity contribution in [3.63, 3.8) is 0 Å². The zero-order valence-electron chi connectivity index (χ0n) is 15.4. The van der Waals surface area contributed by atoms with Crippen molar-refractivity contribution in [3.8, 4) is 0 Å². The van der Waals surface area contributed by atoms with E-state index in [0.717, 1.165) is 37.8 Å². The predicted molar refractivity (Wildman–Crippen MR) is 116 cm³/mol. The minimum Gasteiger partial charge on any atom is -0.468 e. The Morgan fingerprint density at radius 2 is 2.15 bits per heavy atom. The van der Waals surface area contributed by atoms with Crippen LogP contribution in [-0.2, 0) is 22.6 Å². The Morgan fingerprint density at radius 1 is 1.37 bits per heavy atom. The molecule has 1 aliphatic heterocycles. The molecular formula is C16H24IN7O2S. The van der Waals surface area contributed by atoms with Gasteiger partial charge in [0.2, 0.25) is 0 Å². The fraction of sp³-hybridized carbons (Fsp3) is 0.500. The molecule has 0 unspecified atom stereocenters. The van der Waals surface area contributed by atoms with Crippen molar-refractivity contribution in [2.24, 2.45) is 4.99 Å². The fourth-order valence-electron chi connectivity index (χ4n) is 2.78. The van der Waals surface area contributed by atoms with Gasteiger partial charge < -0.3 is 19.9 Å². The number of thiophene rings is 1. The van der Waals surface area contributed by atoms with E-state index in [1.807, 2.05) is 0 Å². The first kappa shape index (κ1) is 21.4. The van der Waals surface area contributed by atoms with Crippen LogP contribution in [0, 0.1) is 0 Å². The molecule has 0 aliphatic carbocycles. The van der Waals surface area contributed by atoms with E-state index >= 15 is 0 Å². The molecule has 0 radical (unpaired) electrons. The minimum atomic E-state index is -0.353. The summed E-state index contributed by atoms with van der Waals surface area (Å²) in [6.45, 7) is 4.31. The zero-order valence-corrected chi connectivity index (χ0v) is 18.5. The summed E-state index contributed by atoms with van der Waals surface area (Å²) in [6.07, 6.45) is 1.73. The second-order valence-corrected chi connectivity index (χ2v) is 6.74. The summed E-state index contributed by atoms with van der Waals surface area (Å²) in [5.41, 5.74) is 0.743. The molecule has 11 heteroatoms. The van der Waals surface area contributed by atoms with Crippen LogP contribution in [0.15, 0.2) is 28.7 Å². The lowest BCUT2D eigenvalue weighted by atomic mass is 10.3. The Morgan fingerprint density at radius 3 is 2.78 bits per heavy atom. The topological polar surface area (TPSA) is 87.9 Å². The monoisotopic (exact) mass is 505 g/mol. The van der Waals surface area contributed by atoms with Gasteiger partial charge in [0.25, 0.3) is 0 Å². The predicted octanol–water partition coefficient (Wildman–Crippen LogP) is 1.03. The van der Waals surface area contributed by atoms with Crippen molar-refractivity contribution in [3.05, 3.63) is 29.4 Å². The Kier molecular flexibility index (Phi) is 8.28. The SMILES string of the molecule is CN=C(NCc1cn(CC(=O)OC)nn1)N1CCN(c2cccs2)CC1.I. The van der Waals surface area contributed by atoms with Gasteiger partial charge in [-0.05, 0) is 17.5 Å². The van der Waals surface area contributed by atoms with Crippen LogP contribution in [0.1, 0.15) is 5.69 Å². The molecule has 2 aromatic rings. The maximum atomic E-state index is 11.3. The second-order valence-electron chi connectivity index (χ2n) is 5.81. The summed E-state index contributed by atoms with van der Waals surface area (Å²) in [5, 5.41) is 14.7. The second kappa shape index (κ2) is 10.4. The number of anilines is 1. The molecule has 1 fully saturated rings. The molecule has 3 rings (SSSR count). The van der Waals surface area contributed by atoms with Gasteiger partial charge in [0.05, 0.1) is 24.9 Å². The maximum Gasteiger partial charge on any atom is 0.327 e. The molecule has 0 bridgehead atoms. The third-order valence-corrected chi connectivity index (χ3v) is 5.07. The number of nitrogens with zero attached hydrogens (tertiary/aromatic N) is 6. The van der Waals surface area contributed by atoms with Gasteiger partial charge in [-0.25, -0.2) is 4.68 Å². The molecule has 148 valence electrons. The maximum absolute atomic E-state index is 11.3. The van der Waals surface area contributed by atoms with E-state index < -0.39 is 0 Å². The number of esters is 1. The molecule has 3 heterocycles. The van der Waals surface area contributed by atoms with Crippen molar-refractivity contribution >= 4 is 52.2 Å². The average molecular weight is 505 g/mol. The van der Waals surface area contributed by atoms with Gasteiger partial charge in [0, 0.05) is 33.2 Å². The van der Waals surface area contributed by atoms with E-state index in [1.54, 1.807) is 24.6 Å². The van der Waals surface area contributed by atoms with Gasteiger partial charge in [-0.3, -0.25) is 9.79 Å². The lowest BCUT2D eigenvalue weighted by Crippen LogP contribution is -2.52. The van der Waals surface area contributed by atoms with Crippen molar-refractivity contribution in [2.75, 3.05) is 45.2 Å². The highest BCUT2D eigenvalue weighted by Crippen LogP contribution is 2.22. The molecule has 27 heavy (non-hydrogen) atoms. The van der Waals surface area contributed by atoms with Crippen LogP contribution in [0.2, 0.25) is 0 Å². The Labute approximate surface area is 179 Å². The van der Waals surface area contributed by atoms with Crippen LogP contribution >= 0.6 is 35.3 Å². The Hall–Kier alpha value is -1.89. The van der Waals surface area contributed by atoms with Gasteiger partial charge in [-0.15, -0.1) is 40.4 Å². The summed E-state index contributed by atoms with van der Waals surface area (Å²) in [4.78, 5) is 20.3. The number of aliphatic imine (C=N–C) groups is 1. The van der Waals surface area contributed by atoms with Crippen LogP contribution in [-0.4, -0.2) is 72.2 Å². The number of nitrogens with one attached hydrogen (secondary N) is 1. The summed E-state index contributed by atoms with van der Waals surface area (Å²) in [7, 11) is 3.13. The van der Waals surface area contributed by atoms with Crippen LogP contribution in [0.25, 0.3) is 0 Å². The van der Waals surface area contributed by atoms with Crippen molar-refractivity contribution in [2.45, 2.75) is 13.1 Å². The number of ether oxygens (including phenoxy) is 1. The van der Waals surface area contributed by atoms with Gasteiger partial charge >= 0.3 is 5.97 Å². The van der Waals surface area contributed by atoms with Crippen molar-refractivity contribution in [1.29, 1.82) is 0 Å². The number of piperazine rings is 1. The first-order chi connectivity index (χ1) is 12.7. The zero-order chi connectivity index (χ0) is 18.4. The van der Waals surface area contributed by atoms with Crippen LogP contribution in [0.5, 0.6) is 0 Å². The molecule has 1 saturated heterocycles. The highest BCUT2D eigenvalue weighted by atomic mass is 127. The van der Waals surface area contributed by atoms with E-state index in [2.05, 4.69) is 52.7 Å². The molecule has 9 nitrogen and oxygen atoms in total. The number of methoxy groups -OCH3 is 1. The fourth-order valence-corrected chi connectivity index (χ4v) is 3.57. The first-order valence-electron chi connectivity index (χ1n) is 8.39. The molecular weight excluding hydrogens is 481 g/mol. The van der Waals surface area contributed by atoms with Gasteiger partial charge in [-0.1, -0.05) is 5.21 Å². The molecule has 1 aliphatic rings. The minimum absolute atomic E-state index is 0. The number of carbonyl (C=O) groups is 1. The highest BCUT2D eigenvalue weighted by molar-refractivity contribution is 14.0. The van der Waals surface area contributed by atoms with Gasteiger partial charge in [0.1, 0.15) is 12.2 Å². The van der Waals surface area contributed by atoms with E-state index in [0.29, 0.717) is 6.54 Å². The summed E-state index contributed by atoms with van der Waals surface area (Å²) in [5.74, 6) is 0.493. The lowest BCUT2D eigenvalue weighted by Gasteiger charge is -2.36. The number of carbonyl (C=O) groups excluding carboxylic acids is 1. The van der Waals surface area contributed by atoms with Crippen LogP contribution in [0.3, 0.4) is 0 Å². The lowest BCUT2D eigenvalue weighted by molar-refractivity contribution is -0.141. The third kappa shape index (κ3) is 5.79. The number of hydrogen-bond donors (Lipinski definition) is 1.